The van der Waals surface area contributed by atoms with Gasteiger partial charge in [-0.05, 0) is 22.6 Å². The van der Waals surface area contributed by atoms with E-state index in [9.17, 15) is 0 Å². The summed E-state index contributed by atoms with van der Waals surface area (Å²) in [6, 6.07) is 0. The number of anilines is 1. The Balaban J connectivity index is 2.64. The Labute approximate surface area is 108 Å². The third kappa shape index (κ3) is 3.86. The number of nitrogens with two attached hydrogens (primary N) is 1. The minimum absolute atomic E-state index is 0.160. The normalized spacial score (nSPS) is 12.2. The van der Waals surface area contributed by atoms with Crippen LogP contribution in [0.5, 0.6) is 0 Å². The Morgan fingerprint density at radius 2 is 2.13 bits per heavy atom. The Bertz CT molecular complexity index is 340. The van der Waals surface area contributed by atoms with Gasteiger partial charge in [0, 0.05) is 35.5 Å². The Morgan fingerprint density at radius 3 is 2.60 bits per heavy atom. The minimum Gasteiger partial charge on any atom is -0.393 e. The molecule has 0 saturated heterocycles. The van der Waals surface area contributed by atoms with E-state index in [0.717, 1.165) is 10.1 Å². The molecule has 1 rings (SSSR count). The molecule has 0 amide bonds. The number of aromatic nitrogens is 2. The van der Waals surface area contributed by atoms with Gasteiger partial charge in [0.05, 0.1) is 4.99 Å². The lowest BCUT2D eigenvalue weighted by Gasteiger charge is -2.20. The topological polar surface area (TPSA) is 55.0 Å². The first-order chi connectivity index (χ1) is 7.00. The predicted octanol–water partition coefficient (Wildman–Crippen LogP) is 1.44. The molecule has 1 atom stereocenters. The van der Waals surface area contributed by atoms with E-state index in [0.29, 0.717) is 10.9 Å². The second-order valence-corrected chi connectivity index (χ2v) is 5.10. The van der Waals surface area contributed by atoms with E-state index in [1.165, 1.54) is 0 Å². The van der Waals surface area contributed by atoms with Crippen molar-refractivity contribution >= 4 is 45.7 Å². The third-order valence-electron chi connectivity index (χ3n) is 1.98. The third-order valence-corrected chi connectivity index (χ3v) is 2.94. The van der Waals surface area contributed by atoms with Crippen molar-refractivity contribution in [3.05, 3.63) is 16.0 Å². The van der Waals surface area contributed by atoms with Crippen LogP contribution in [0, 0.1) is 9.49 Å². The van der Waals surface area contributed by atoms with Gasteiger partial charge in [0.1, 0.15) is 0 Å². The van der Waals surface area contributed by atoms with Crippen LogP contribution in [0.1, 0.15) is 6.92 Å². The summed E-state index contributed by atoms with van der Waals surface area (Å²) in [7, 11) is 1.93. The van der Waals surface area contributed by atoms with Gasteiger partial charge in [-0.15, -0.1) is 0 Å². The maximum Gasteiger partial charge on any atom is 0.225 e. The van der Waals surface area contributed by atoms with E-state index in [1.807, 2.05) is 18.9 Å². The predicted molar refractivity (Wildman–Crippen MR) is 74.0 cm³/mol. The maximum absolute atomic E-state index is 5.55. The lowest BCUT2D eigenvalue weighted by atomic mass is 10.2. The van der Waals surface area contributed by atoms with Gasteiger partial charge in [-0.2, -0.15) is 0 Å². The quantitative estimate of drug-likeness (QED) is 0.666. The SMILES string of the molecule is CC(CN(C)c1ncc(I)cn1)C(N)=S. The molecule has 2 N–H and O–H groups in total. The molecule has 0 fully saturated rings. The summed E-state index contributed by atoms with van der Waals surface area (Å²) >= 11 is 7.09. The van der Waals surface area contributed by atoms with E-state index in [1.54, 1.807) is 12.4 Å². The van der Waals surface area contributed by atoms with Gasteiger partial charge in [-0.25, -0.2) is 9.97 Å². The molecule has 0 aliphatic heterocycles. The highest BCUT2D eigenvalue weighted by atomic mass is 127. The van der Waals surface area contributed by atoms with E-state index in [2.05, 4.69) is 32.6 Å². The van der Waals surface area contributed by atoms with Crippen molar-refractivity contribution in [3.8, 4) is 0 Å². The average Bonchev–Trinajstić information content (AvgIpc) is 2.18. The molecular weight excluding hydrogens is 323 g/mol. The Hall–Kier alpha value is -0.500. The highest BCUT2D eigenvalue weighted by Gasteiger charge is 2.10. The van der Waals surface area contributed by atoms with Crippen molar-refractivity contribution in [1.29, 1.82) is 0 Å². The van der Waals surface area contributed by atoms with Crippen LogP contribution in [0.15, 0.2) is 12.4 Å². The molecule has 0 aliphatic carbocycles. The summed E-state index contributed by atoms with van der Waals surface area (Å²) in [6.07, 6.45) is 3.57. The summed E-state index contributed by atoms with van der Waals surface area (Å²) < 4.78 is 1.02. The van der Waals surface area contributed by atoms with Crippen molar-refractivity contribution in [2.75, 3.05) is 18.5 Å². The van der Waals surface area contributed by atoms with Crippen molar-refractivity contribution in [1.82, 2.24) is 9.97 Å². The first kappa shape index (κ1) is 12.6. The molecule has 0 aliphatic rings. The van der Waals surface area contributed by atoms with Gasteiger partial charge in [0.2, 0.25) is 5.95 Å². The summed E-state index contributed by atoms with van der Waals surface area (Å²) in [6.45, 7) is 2.72. The summed E-state index contributed by atoms with van der Waals surface area (Å²) in [5, 5.41) is 0. The lowest BCUT2D eigenvalue weighted by molar-refractivity contribution is 0.725. The highest BCUT2D eigenvalue weighted by molar-refractivity contribution is 14.1. The first-order valence-corrected chi connectivity index (χ1v) is 5.97. The van der Waals surface area contributed by atoms with Crippen molar-refractivity contribution in [2.24, 2.45) is 11.7 Å². The maximum atomic E-state index is 5.55. The number of hydrogen-bond acceptors (Lipinski definition) is 4. The van der Waals surface area contributed by atoms with Gasteiger partial charge in [-0.1, -0.05) is 19.1 Å². The monoisotopic (exact) mass is 336 g/mol. The highest BCUT2D eigenvalue weighted by Crippen LogP contribution is 2.09. The van der Waals surface area contributed by atoms with E-state index in [4.69, 9.17) is 18.0 Å². The number of rotatable bonds is 4. The molecule has 1 heterocycles. The van der Waals surface area contributed by atoms with Gasteiger partial charge in [0.25, 0.3) is 0 Å². The fourth-order valence-electron chi connectivity index (χ4n) is 1.09. The number of halogens is 1. The minimum atomic E-state index is 0.160. The van der Waals surface area contributed by atoms with E-state index >= 15 is 0 Å². The lowest BCUT2D eigenvalue weighted by Crippen LogP contribution is -2.32. The van der Waals surface area contributed by atoms with Crippen molar-refractivity contribution < 1.29 is 0 Å². The molecule has 15 heavy (non-hydrogen) atoms. The number of hydrogen-bond donors (Lipinski definition) is 1. The van der Waals surface area contributed by atoms with Gasteiger partial charge >= 0.3 is 0 Å². The molecule has 4 nitrogen and oxygen atoms in total. The zero-order valence-corrected chi connectivity index (χ0v) is 11.6. The molecule has 0 radical (unpaired) electrons. The van der Waals surface area contributed by atoms with Crippen LogP contribution in [-0.2, 0) is 0 Å². The first-order valence-electron chi connectivity index (χ1n) is 4.48. The van der Waals surface area contributed by atoms with Crippen LogP contribution in [-0.4, -0.2) is 28.5 Å². The fourth-order valence-corrected chi connectivity index (χ4v) is 1.44. The van der Waals surface area contributed by atoms with Crippen molar-refractivity contribution in [3.63, 3.8) is 0 Å². The summed E-state index contributed by atoms with van der Waals surface area (Å²) in [4.78, 5) is 10.9. The van der Waals surface area contributed by atoms with Crippen LogP contribution >= 0.6 is 34.8 Å². The molecule has 0 saturated carbocycles. The fraction of sp³-hybridized carbons (Fsp3) is 0.444. The Morgan fingerprint density at radius 1 is 1.60 bits per heavy atom. The second-order valence-electron chi connectivity index (χ2n) is 3.39. The second kappa shape index (κ2) is 5.55. The summed E-state index contributed by atoms with van der Waals surface area (Å²) in [5.41, 5.74) is 5.55. The molecule has 82 valence electrons. The number of thiocarbonyl (C=S) groups is 1. The molecule has 6 heteroatoms. The zero-order chi connectivity index (χ0) is 11.4. The van der Waals surface area contributed by atoms with Gasteiger partial charge in [-0.3, -0.25) is 0 Å². The molecular formula is C9H13IN4S. The molecule has 0 bridgehead atoms. The summed E-state index contributed by atoms with van der Waals surface area (Å²) in [5.74, 6) is 0.853. The van der Waals surface area contributed by atoms with Crippen LogP contribution in [0.3, 0.4) is 0 Å². The molecule has 0 spiro atoms. The molecule has 1 aromatic heterocycles. The standard InChI is InChI=1S/C9H13IN4S/c1-6(8(11)15)5-14(2)9-12-3-7(10)4-13-9/h3-4,6H,5H2,1-2H3,(H2,11,15). The van der Waals surface area contributed by atoms with Crippen LogP contribution in [0.4, 0.5) is 5.95 Å². The van der Waals surface area contributed by atoms with Crippen LogP contribution in [0.2, 0.25) is 0 Å². The molecule has 1 aromatic rings. The Kier molecular flexibility index (Phi) is 4.65. The molecule has 1 unspecified atom stereocenters. The number of nitrogens with zero attached hydrogens (tertiary/aromatic N) is 3. The van der Waals surface area contributed by atoms with Crippen molar-refractivity contribution in [2.45, 2.75) is 6.92 Å². The average molecular weight is 336 g/mol. The van der Waals surface area contributed by atoms with Gasteiger partial charge in [0.15, 0.2) is 0 Å². The smallest absolute Gasteiger partial charge is 0.225 e. The van der Waals surface area contributed by atoms with E-state index in [-0.39, 0.29) is 5.92 Å². The van der Waals surface area contributed by atoms with Crippen LogP contribution in [0.25, 0.3) is 0 Å². The largest absolute Gasteiger partial charge is 0.393 e. The van der Waals surface area contributed by atoms with Crippen LogP contribution < -0.4 is 10.6 Å². The molecule has 0 aromatic carbocycles. The van der Waals surface area contributed by atoms with E-state index < -0.39 is 0 Å². The zero-order valence-electron chi connectivity index (χ0n) is 8.64. The van der Waals surface area contributed by atoms with Gasteiger partial charge < -0.3 is 10.6 Å².